The Labute approximate surface area is 166 Å². The normalized spacial score (nSPS) is 14.5. The minimum absolute atomic E-state index is 0.0914. The van der Waals surface area contributed by atoms with E-state index in [1.165, 1.54) is 0 Å². The lowest BCUT2D eigenvalue weighted by Gasteiger charge is -2.23. The summed E-state index contributed by atoms with van der Waals surface area (Å²) in [5, 5.41) is 0. The summed E-state index contributed by atoms with van der Waals surface area (Å²) in [6.45, 7) is 9.06. The van der Waals surface area contributed by atoms with Gasteiger partial charge in [0.25, 0.3) is 5.91 Å². The lowest BCUT2D eigenvalue weighted by atomic mass is 10.0. The Balaban J connectivity index is 1.67. The van der Waals surface area contributed by atoms with Gasteiger partial charge in [0.2, 0.25) is 0 Å². The number of benzene rings is 1. The second-order valence-corrected chi connectivity index (χ2v) is 7.01. The van der Waals surface area contributed by atoms with Gasteiger partial charge in [0.15, 0.2) is 0 Å². The van der Waals surface area contributed by atoms with Crippen LogP contribution in [0.1, 0.15) is 45.2 Å². The molecule has 0 spiro atoms. The fourth-order valence-electron chi connectivity index (χ4n) is 3.41. The molecule has 0 saturated carbocycles. The average molecular weight is 381 g/mol. The van der Waals surface area contributed by atoms with E-state index in [0.717, 1.165) is 42.0 Å². The lowest BCUT2D eigenvalue weighted by molar-refractivity contribution is 0.0525. The number of hydrogen-bond donors (Lipinski definition) is 0. The summed E-state index contributed by atoms with van der Waals surface area (Å²) < 4.78 is 5.00. The van der Waals surface area contributed by atoms with Gasteiger partial charge in [-0.1, -0.05) is 12.1 Å². The highest BCUT2D eigenvalue weighted by Crippen LogP contribution is 2.18. The number of carbonyl (C=O) groups excluding carboxylic acids is 2. The minimum atomic E-state index is -0.359. The van der Waals surface area contributed by atoms with Crippen molar-refractivity contribution in [1.29, 1.82) is 0 Å². The maximum Gasteiger partial charge on any atom is 0.339 e. The van der Waals surface area contributed by atoms with Crippen molar-refractivity contribution in [2.75, 3.05) is 37.7 Å². The summed E-state index contributed by atoms with van der Waals surface area (Å²) in [5.41, 5.74) is 3.41. The number of aromatic nitrogens is 1. The molecule has 1 fully saturated rings. The number of amides is 1. The van der Waals surface area contributed by atoms with E-state index >= 15 is 0 Å². The second kappa shape index (κ2) is 8.87. The zero-order valence-corrected chi connectivity index (χ0v) is 16.8. The lowest BCUT2D eigenvalue weighted by Crippen LogP contribution is -2.35. The third-order valence-corrected chi connectivity index (χ3v) is 5.20. The second-order valence-electron chi connectivity index (χ2n) is 7.01. The van der Waals surface area contributed by atoms with Gasteiger partial charge < -0.3 is 14.5 Å². The molecular weight excluding hydrogens is 354 g/mol. The first kappa shape index (κ1) is 19.9. The van der Waals surface area contributed by atoms with Crippen LogP contribution in [0, 0.1) is 13.8 Å². The third kappa shape index (κ3) is 4.32. The standard InChI is InChI=1S/C22H27N3O3/c1-4-28-22(27)18-9-10-20(23-15-18)24-11-6-12-25(14-13-24)21(26)19-8-5-7-16(2)17(19)3/h5,7-10,15H,4,6,11-14H2,1-3H3. The van der Waals surface area contributed by atoms with Crippen molar-refractivity contribution in [3.8, 4) is 0 Å². The van der Waals surface area contributed by atoms with E-state index < -0.39 is 0 Å². The molecule has 28 heavy (non-hydrogen) atoms. The van der Waals surface area contributed by atoms with Crippen LogP contribution in [-0.4, -0.2) is 54.5 Å². The number of pyridine rings is 1. The van der Waals surface area contributed by atoms with Gasteiger partial charge in [-0.3, -0.25) is 4.79 Å². The van der Waals surface area contributed by atoms with Crippen molar-refractivity contribution in [3.63, 3.8) is 0 Å². The quantitative estimate of drug-likeness (QED) is 0.761. The van der Waals surface area contributed by atoms with Gasteiger partial charge in [0, 0.05) is 37.9 Å². The molecule has 6 nitrogen and oxygen atoms in total. The van der Waals surface area contributed by atoms with Crippen LogP contribution in [0.5, 0.6) is 0 Å². The van der Waals surface area contributed by atoms with Crippen molar-refractivity contribution in [2.24, 2.45) is 0 Å². The Hall–Kier alpha value is -2.89. The number of carbonyl (C=O) groups is 2. The molecule has 0 N–H and O–H groups in total. The molecular formula is C22H27N3O3. The predicted octanol–water partition coefficient (Wildman–Crippen LogP) is 3.23. The molecule has 1 aromatic heterocycles. The average Bonchev–Trinajstić information content (AvgIpc) is 2.96. The number of hydrogen-bond acceptors (Lipinski definition) is 5. The van der Waals surface area contributed by atoms with E-state index in [1.807, 2.05) is 43.0 Å². The maximum absolute atomic E-state index is 13.0. The number of esters is 1. The zero-order chi connectivity index (χ0) is 20.1. The summed E-state index contributed by atoms with van der Waals surface area (Å²) in [6.07, 6.45) is 2.43. The first-order valence-electron chi connectivity index (χ1n) is 9.75. The molecule has 1 aliphatic heterocycles. The van der Waals surface area contributed by atoms with Gasteiger partial charge >= 0.3 is 5.97 Å². The van der Waals surface area contributed by atoms with Crippen LogP contribution >= 0.6 is 0 Å². The SMILES string of the molecule is CCOC(=O)c1ccc(N2CCCN(C(=O)c3cccc(C)c3C)CC2)nc1. The van der Waals surface area contributed by atoms with Crippen molar-refractivity contribution in [2.45, 2.75) is 27.2 Å². The molecule has 1 amide bonds. The van der Waals surface area contributed by atoms with Crippen LogP contribution in [0.25, 0.3) is 0 Å². The Morgan fingerprint density at radius 1 is 1.07 bits per heavy atom. The van der Waals surface area contributed by atoms with Crippen LogP contribution in [0.15, 0.2) is 36.5 Å². The first-order valence-corrected chi connectivity index (χ1v) is 9.75. The summed E-state index contributed by atoms with van der Waals surface area (Å²) in [6, 6.07) is 9.46. The summed E-state index contributed by atoms with van der Waals surface area (Å²) in [4.78, 5) is 33.3. The Bertz CT molecular complexity index is 849. The highest BCUT2D eigenvalue weighted by Gasteiger charge is 2.22. The molecule has 0 atom stereocenters. The van der Waals surface area contributed by atoms with Crippen LogP contribution in [0.2, 0.25) is 0 Å². The molecule has 6 heteroatoms. The molecule has 0 bridgehead atoms. The molecule has 0 radical (unpaired) electrons. The topological polar surface area (TPSA) is 62.7 Å². The molecule has 1 saturated heterocycles. The first-order chi connectivity index (χ1) is 13.5. The molecule has 2 aromatic rings. The Morgan fingerprint density at radius 2 is 1.89 bits per heavy atom. The number of nitrogens with zero attached hydrogens (tertiary/aromatic N) is 3. The zero-order valence-electron chi connectivity index (χ0n) is 16.8. The van der Waals surface area contributed by atoms with E-state index in [0.29, 0.717) is 25.3 Å². The molecule has 1 aromatic carbocycles. The molecule has 1 aliphatic rings. The Kier molecular flexibility index (Phi) is 6.29. The van der Waals surface area contributed by atoms with Gasteiger partial charge in [-0.2, -0.15) is 0 Å². The highest BCUT2D eigenvalue weighted by atomic mass is 16.5. The van der Waals surface area contributed by atoms with Gasteiger partial charge in [-0.25, -0.2) is 9.78 Å². The van der Waals surface area contributed by atoms with E-state index in [1.54, 1.807) is 19.2 Å². The number of rotatable bonds is 4. The van der Waals surface area contributed by atoms with Crippen molar-refractivity contribution in [1.82, 2.24) is 9.88 Å². The van der Waals surface area contributed by atoms with E-state index in [9.17, 15) is 9.59 Å². The van der Waals surface area contributed by atoms with Crippen molar-refractivity contribution in [3.05, 3.63) is 58.8 Å². The molecule has 148 valence electrons. The molecule has 0 unspecified atom stereocenters. The van der Waals surface area contributed by atoms with E-state index in [4.69, 9.17) is 4.74 Å². The fraction of sp³-hybridized carbons (Fsp3) is 0.409. The van der Waals surface area contributed by atoms with Crippen LogP contribution in [0.3, 0.4) is 0 Å². The van der Waals surface area contributed by atoms with Crippen molar-refractivity contribution < 1.29 is 14.3 Å². The highest BCUT2D eigenvalue weighted by molar-refractivity contribution is 5.96. The largest absolute Gasteiger partial charge is 0.462 e. The van der Waals surface area contributed by atoms with Crippen LogP contribution in [0.4, 0.5) is 5.82 Å². The molecule has 0 aliphatic carbocycles. The van der Waals surface area contributed by atoms with Gasteiger partial charge in [0.05, 0.1) is 12.2 Å². The molecule has 3 rings (SSSR count). The maximum atomic E-state index is 13.0. The summed E-state index contributed by atoms with van der Waals surface area (Å²) in [5.74, 6) is 0.547. The van der Waals surface area contributed by atoms with E-state index in [-0.39, 0.29) is 11.9 Å². The number of ether oxygens (including phenoxy) is 1. The van der Waals surface area contributed by atoms with Gasteiger partial charge in [-0.05, 0) is 56.5 Å². The molecule has 2 heterocycles. The van der Waals surface area contributed by atoms with Gasteiger partial charge in [0.1, 0.15) is 5.82 Å². The minimum Gasteiger partial charge on any atom is -0.462 e. The summed E-state index contributed by atoms with van der Waals surface area (Å²) in [7, 11) is 0. The van der Waals surface area contributed by atoms with Gasteiger partial charge in [-0.15, -0.1) is 0 Å². The third-order valence-electron chi connectivity index (χ3n) is 5.20. The number of anilines is 1. The fourth-order valence-corrected chi connectivity index (χ4v) is 3.41. The van der Waals surface area contributed by atoms with Crippen molar-refractivity contribution >= 4 is 17.7 Å². The van der Waals surface area contributed by atoms with E-state index in [2.05, 4.69) is 9.88 Å². The van der Waals surface area contributed by atoms with Crippen LogP contribution < -0.4 is 4.90 Å². The smallest absolute Gasteiger partial charge is 0.339 e. The van der Waals surface area contributed by atoms with Crippen LogP contribution in [-0.2, 0) is 4.74 Å². The summed E-state index contributed by atoms with van der Waals surface area (Å²) >= 11 is 0. The number of aryl methyl sites for hydroxylation is 1. The Morgan fingerprint density at radius 3 is 2.61 bits per heavy atom. The monoisotopic (exact) mass is 381 g/mol. The predicted molar refractivity (Wildman–Crippen MR) is 109 cm³/mol.